The van der Waals surface area contributed by atoms with E-state index in [-0.39, 0.29) is 24.9 Å². The van der Waals surface area contributed by atoms with Gasteiger partial charge in [0.15, 0.2) is 0 Å². The normalized spacial score (nSPS) is 14.3. The number of benzene rings is 1. The molecule has 0 saturated carbocycles. The van der Waals surface area contributed by atoms with E-state index in [4.69, 9.17) is 0 Å². The molecule has 0 aromatic heterocycles. The van der Waals surface area contributed by atoms with Crippen molar-refractivity contribution in [3.63, 3.8) is 0 Å². The molecule has 0 aliphatic rings. The van der Waals surface area contributed by atoms with Crippen LogP contribution in [0.3, 0.4) is 0 Å². The highest BCUT2D eigenvalue weighted by Crippen LogP contribution is 2.13. The molecule has 1 rings (SSSR count). The molecule has 1 amide bonds. The largest absolute Gasteiger partial charge is 0.394 e. The average molecular weight is 251 g/mol. The van der Waals surface area contributed by atoms with Crippen molar-refractivity contribution in [3.8, 4) is 0 Å². The van der Waals surface area contributed by atoms with E-state index in [1.54, 1.807) is 0 Å². The van der Waals surface area contributed by atoms with E-state index < -0.39 is 12.1 Å². The maximum absolute atomic E-state index is 11.7. The molecule has 3 N–H and O–H groups in total. The molecule has 18 heavy (non-hydrogen) atoms. The molecule has 0 aliphatic heterocycles. The third-order valence-corrected chi connectivity index (χ3v) is 2.88. The Morgan fingerprint density at radius 3 is 2.39 bits per heavy atom. The van der Waals surface area contributed by atoms with Crippen LogP contribution < -0.4 is 5.32 Å². The summed E-state index contributed by atoms with van der Waals surface area (Å²) in [5.74, 6) is -0.209. The molecule has 0 heterocycles. The molecule has 0 aliphatic carbocycles. The zero-order valence-corrected chi connectivity index (χ0v) is 10.8. The van der Waals surface area contributed by atoms with Gasteiger partial charge < -0.3 is 15.5 Å². The van der Waals surface area contributed by atoms with E-state index in [0.29, 0.717) is 0 Å². The number of hydrogen-bond donors (Lipinski definition) is 3. The lowest BCUT2D eigenvalue weighted by molar-refractivity contribution is -0.124. The van der Waals surface area contributed by atoms with Gasteiger partial charge >= 0.3 is 0 Å². The molecule has 2 atom stereocenters. The molecule has 0 spiro atoms. The van der Waals surface area contributed by atoms with E-state index in [9.17, 15) is 15.0 Å². The smallest absolute Gasteiger partial charge is 0.223 e. The fourth-order valence-electron chi connectivity index (χ4n) is 1.60. The first kappa shape index (κ1) is 14.7. The number of amides is 1. The summed E-state index contributed by atoms with van der Waals surface area (Å²) >= 11 is 0. The van der Waals surface area contributed by atoms with Crippen molar-refractivity contribution in [2.75, 3.05) is 6.61 Å². The molecule has 4 heteroatoms. The molecule has 1 aromatic carbocycles. The van der Waals surface area contributed by atoms with Crippen LogP contribution in [0.1, 0.15) is 31.9 Å². The first-order valence-electron chi connectivity index (χ1n) is 6.17. The van der Waals surface area contributed by atoms with Crippen LogP contribution in [0.4, 0.5) is 0 Å². The average Bonchev–Trinajstić information content (AvgIpc) is 2.36. The molecule has 0 fully saturated rings. The number of hydrogen-bond acceptors (Lipinski definition) is 3. The van der Waals surface area contributed by atoms with Gasteiger partial charge in [-0.15, -0.1) is 0 Å². The van der Waals surface area contributed by atoms with Crippen molar-refractivity contribution in [1.82, 2.24) is 5.32 Å². The second-order valence-corrected chi connectivity index (χ2v) is 4.73. The molecule has 0 unspecified atom stereocenters. The summed E-state index contributed by atoms with van der Waals surface area (Å²) < 4.78 is 0. The first-order valence-corrected chi connectivity index (χ1v) is 6.17. The second kappa shape index (κ2) is 7.13. The number of aliphatic hydroxyl groups excluding tert-OH is 2. The van der Waals surface area contributed by atoms with Crippen LogP contribution >= 0.6 is 0 Å². The Bertz CT molecular complexity index is 365. The van der Waals surface area contributed by atoms with E-state index in [1.165, 1.54) is 0 Å². The minimum Gasteiger partial charge on any atom is -0.394 e. The standard InChI is InChI=1S/C14H21NO3/c1-10(2)13(17)8-14(18)15-12(9-16)11-6-4-3-5-7-11/h3-7,10,12-13,16-17H,8-9H2,1-2H3,(H,15,18)/t12-,13-/m0/s1. The Balaban J connectivity index is 2.56. The minimum absolute atomic E-state index is 0.0417. The minimum atomic E-state index is -0.653. The number of rotatable bonds is 6. The maximum atomic E-state index is 11.7. The van der Waals surface area contributed by atoms with Crippen molar-refractivity contribution in [1.29, 1.82) is 0 Å². The van der Waals surface area contributed by atoms with Crippen LogP contribution in [0.15, 0.2) is 30.3 Å². The highest BCUT2D eigenvalue weighted by molar-refractivity contribution is 5.77. The van der Waals surface area contributed by atoms with Gasteiger partial charge in [0.25, 0.3) is 0 Å². The SMILES string of the molecule is CC(C)[C@@H](O)CC(=O)N[C@@H](CO)c1ccccc1. The zero-order valence-electron chi connectivity index (χ0n) is 10.8. The van der Waals surface area contributed by atoms with Gasteiger partial charge in [-0.25, -0.2) is 0 Å². The number of aliphatic hydroxyl groups is 2. The van der Waals surface area contributed by atoms with Crippen LogP contribution in [0.5, 0.6) is 0 Å². The summed E-state index contributed by atoms with van der Waals surface area (Å²) in [6, 6.07) is 8.86. The Morgan fingerprint density at radius 2 is 1.89 bits per heavy atom. The fourth-order valence-corrected chi connectivity index (χ4v) is 1.60. The van der Waals surface area contributed by atoms with Crippen LogP contribution in [-0.4, -0.2) is 28.8 Å². The summed E-state index contributed by atoms with van der Waals surface area (Å²) in [4.78, 5) is 11.7. The molecular weight excluding hydrogens is 230 g/mol. The summed E-state index contributed by atoms with van der Waals surface area (Å²) in [5, 5.41) is 21.6. The maximum Gasteiger partial charge on any atom is 0.223 e. The molecular formula is C14H21NO3. The van der Waals surface area contributed by atoms with Crippen LogP contribution in [-0.2, 0) is 4.79 Å². The van der Waals surface area contributed by atoms with Gasteiger partial charge in [0.05, 0.1) is 25.2 Å². The lowest BCUT2D eigenvalue weighted by Gasteiger charge is -2.19. The van der Waals surface area contributed by atoms with Gasteiger partial charge in [0.1, 0.15) is 0 Å². The van der Waals surface area contributed by atoms with Crippen molar-refractivity contribution >= 4 is 5.91 Å². The summed E-state index contributed by atoms with van der Waals surface area (Å²) in [6.07, 6.45) is -0.596. The van der Waals surface area contributed by atoms with E-state index >= 15 is 0 Å². The Kier molecular flexibility index (Phi) is 5.82. The molecule has 0 saturated heterocycles. The van der Waals surface area contributed by atoms with Crippen LogP contribution in [0.2, 0.25) is 0 Å². The predicted octanol–water partition coefficient (Wildman–Crippen LogP) is 1.24. The lowest BCUT2D eigenvalue weighted by Crippen LogP contribution is -2.34. The monoisotopic (exact) mass is 251 g/mol. The summed E-state index contributed by atoms with van der Waals surface area (Å²) in [5.41, 5.74) is 0.854. The third-order valence-electron chi connectivity index (χ3n) is 2.88. The van der Waals surface area contributed by atoms with Gasteiger partial charge in [-0.05, 0) is 11.5 Å². The predicted molar refractivity (Wildman–Crippen MR) is 69.9 cm³/mol. The highest BCUT2D eigenvalue weighted by atomic mass is 16.3. The molecule has 0 bridgehead atoms. The molecule has 0 radical (unpaired) electrons. The van der Waals surface area contributed by atoms with Gasteiger partial charge in [-0.2, -0.15) is 0 Å². The van der Waals surface area contributed by atoms with Crippen molar-refractivity contribution in [3.05, 3.63) is 35.9 Å². The van der Waals surface area contributed by atoms with E-state index in [0.717, 1.165) is 5.56 Å². The van der Waals surface area contributed by atoms with Gasteiger partial charge in [0.2, 0.25) is 5.91 Å². The van der Waals surface area contributed by atoms with Gasteiger partial charge in [0, 0.05) is 0 Å². The topological polar surface area (TPSA) is 69.6 Å². The molecule has 1 aromatic rings. The second-order valence-electron chi connectivity index (χ2n) is 4.73. The lowest BCUT2D eigenvalue weighted by atomic mass is 10.0. The summed E-state index contributed by atoms with van der Waals surface area (Å²) in [6.45, 7) is 3.56. The van der Waals surface area contributed by atoms with Crippen molar-refractivity contribution in [2.45, 2.75) is 32.4 Å². The number of nitrogens with one attached hydrogen (secondary N) is 1. The number of carbonyl (C=O) groups excluding carboxylic acids is 1. The molecule has 4 nitrogen and oxygen atoms in total. The van der Waals surface area contributed by atoms with Crippen molar-refractivity contribution < 1.29 is 15.0 Å². The number of carbonyl (C=O) groups is 1. The van der Waals surface area contributed by atoms with E-state index in [1.807, 2.05) is 44.2 Å². The summed E-state index contributed by atoms with van der Waals surface area (Å²) in [7, 11) is 0. The van der Waals surface area contributed by atoms with Gasteiger partial charge in [-0.3, -0.25) is 4.79 Å². The highest BCUT2D eigenvalue weighted by Gasteiger charge is 2.18. The Labute approximate surface area is 108 Å². The van der Waals surface area contributed by atoms with Crippen molar-refractivity contribution in [2.24, 2.45) is 5.92 Å². The quantitative estimate of drug-likeness (QED) is 0.712. The van der Waals surface area contributed by atoms with Crippen LogP contribution in [0, 0.1) is 5.92 Å². The third kappa shape index (κ3) is 4.47. The Hall–Kier alpha value is -1.39. The van der Waals surface area contributed by atoms with Crippen LogP contribution in [0.25, 0.3) is 0 Å². The van der Waals surface area contributed by atoms with E-state index in [2.05, 4.69) is 5.32 Å². The van der Waals surface area contributed by atoms with Gasteiger partial charge in [-0.1, -0.05) is 44.2 Å². The molecule has 100 valence electrons. The zero-order chi connectivity index (χ0) is 13.5. The Morgan fingerprint density at radius 1 is 1.28 bits per heavy atom. The fraction of sp³-hybridized carbons (Fsp3) is 0.500. The first-order chi connectivity index (χ1) is 8.54.